The van der Waals surface area contributed by atoms with Crippen LogP contribution in [0.4, 0.5) is 5.69 Å². The highest BCUT2D eigenvalue weighted by Gasteiger charge is 2.15. The Bertz CT molecular complexity index is 819. The molecule has 3 heterocycles. The highest BCUT2D eigenvalue weighted by molar-refractivity contribution is 5.93. The first kappa shape index (κ1) is 21.5. The summed E-state index contributed by atoms with van der Waals surface area (Å²) in [6, 6.07) is 9.60. The highest BCUT2D eigenvalue weighted by Crippen LogP contribution is 2.32. The van der Waals surface area contributed by atoms with E-state index in [0.717, 1.165) is 61.8 Å². The first-order valence-corrected chi connectivity index (χ1v) is 11.0. The Morgan fingerprint density at radius 1 is 1.10 bits per heavy atom. The lowest BCUT2D eigenvalue weighted by atomic mass is 10.2. The third-order valence-electron chi connectivity index (χ3n) is 5.07. The number of guanidine groups is 1. The lowest BCUT2D eigenvalue weighted by Gasteiger charge is -2.15. The number of rotatable bonds is 9. The Hall–Kier alpha value is -2.71. The van der Waals surface area contributed by atoms with Gasteiger partial charge in [-0.15, -0.1) is 0 Å². The SMILES string of the molecule is c1coc(CN=C(NCCCOCC2CCCO2)Nc2ccc3c(c2)OCCCO3)c1. The summed E-state index contributed by atoms with van der Waals surface area (Å²) in [4.78, 5) is 4.64. The molecule has 168 valence electrons. The van der Waals surface area contributed by atoms with E-state index in [1.165, 1.54) is 0 Å². The second-order valence-corrected chi connectivity index (χ2v) is 7.57. The summed E-state index contributed by atoms with van der Waals surface area (Å²) in [6.45, 7) is 4.72. The molecule has 2 aliphatic heterocycles. The van der Waals surface area contributed by atoms with Crippen molar-refractivity contribution in [1.82, 2.24) is 5.32 Å². The highest BCUT2D eigenvalue weighted by atomic mass is 16.5. The van der Waals surface area contributed by atoms with Crippen LogP contribution in [0, 0.1) is 0 Å². The Labute approximate surface area is 182 Å². The maximum atomic E-state index is 5.79. The third kappa shape index (κ3) is 6.90. The summed E-state index contributed by atoms with van der Waals surface area (Å²) >= 11 is 0. The maximum absolute atomic E-state index is 5.79. The number of aliphatic imine (C=N–C) groups is 1. The standard InChI is InChI=1S/C23H31N3O5/c1-5-19(28-11-1)16-25-23(24-9-3-10-27-17-20-6-2-12-29-20)26-18-7-8-21-22(15-18)31-14-4-13-30-21/h1,5,7-8,11,15,20H,2-4,6,9-10,12-14,16-17H2,(H2,24,25,26). The third-order valence-corrected chi connectivity index (χ3v) is 5.07. The summed E-state index contributed by atoms with van der Waals surface area (Å²) in [5.41, 5.74) is 0.879. The van der Waals surface area contributed by atoms with Gasteiger partial charge in [0.05, 0.1) is 32.2 Å². The minimum absolute atomic E-state index is 0.263. The van der Waals surface area contributed by atoms with Gasteiger partial charge in [0.1, 0.15) is 12.3 Å². The van der Waals surface area contributed by atoms with E-state index in [9.17, 15) is 0 Å². The van der Waals surface area contributed by atoms with E-state index in [1.807, 2.05) is 30.3 Å². The van der Waals surface area contributed by atoms with E-state index in [4.69, 9.17) is 23.4 Å². The van der Waals surface area contributed by atoms with Crippen molar-refractivity contribution in [1.29, 1.82) is 0 Å². The largest absolute Gasteiger partial charge is 0.490 e. The van der Waals surface area contributed by atoms with Crippen LogP contribution in [-0.4, -0.2) is 51.6 Å². The van der Waals surface area contributed by atoms with Gasteiger partial charge in [0, 0.05) is 37.9 Å². The lowest BCUT2D eigenvalue weighted by Crippen LogP contribution is -2.32. The molecule has 0 saturated carbocycles. The van der Waals surface area contributed by atoms with E-state index in [0.29, 0.717) is 38.9 Å². The lowest BCUT2D eigenvalue weighted by molar-refractivity contribution is 0.0168. The molecule has 1 aromatic heterocycles. The second-order valence-electron chi connectivity index (χ2n) is 7.57. The van der Waals surface area contributed by atoms with Crippen LogP contribution in [0.15, 0.2) is 46.0 Å². The molecule has 2 aliphatic rings. The van der Waals surface area contributed by atoms with Crippen molar-refractivity contribution in [3.05, 3.63) is 42.4 Å². The quantitative estimate of drug-likeness (QED) is 0.358. The maximum Gasteiger partial charge on any atom is 0.196 e. The zero-order valence-corrected chi connectivity index (χ0v) is 17.8. The first-order valence-electron chi connectivity index (χ1n) is 11.0. The van der Waals surface area contributed by atoms with Crippen molar-refractivity contribution in [2.75, 3.05) is 44.9 Å². The molecular formula is C23H31N3O5. The van der Waals surface area contributed by atoms with Gasteiger partial charge in [-0.3, -0.25) is 0 Å². The van der Waals surface area contributed by atoms with Gasteiger partial charge < -0.3 is 34.0 Å². The van der Waals surface area contributed by atoms with Gasteiger partial charge in [0.25, 0.3) is 0 Å². The normalized spacial score (nSPS) is 18.6. The number of ether oxygens (including phenoxy) is 4. The summed E-state index contributed by atoms with van der Waals surface area (Å²) in [5.74, 6) is 2.99. The fraction of sp³-hybridized carbons (Fsp3) is 0.522. The predicted octanol–water partition coefficient (Wildman–Crippen LogP) is 3.58. The van der Waals surface area contributed by atoms with Crippen LogP contribution in [-0.2, 0) is 16.0 Å². The molecule has 8 heteroatoms. The molecule has 2 aromatic rings. The van der Waals surface area contributed by atoms with Crippen molar-refractivity contribution in [3.8, 4) is 11.5 Å². The van der Waals surface area contributed by atoms with E-state index in [2.05, 4.69) is 15.6 Å². The van der Waals surface area contributed by atoms with Crippen LogP contribution in [0.5, 0.6) is 11.5 Å². The molecule has 1 atom stereocenters. The van der Waals surface area contributed by atoms with E-state index >= 15 is 0 Å². The number of nitrogens with zero attached hydrogens (tertiary/aromatic N) is 1. The van der Waals surface area contributed by atoms with Gasteiger partial charge in [-0.05, 0) is 43.5 Å². The number of furan rings is 1. The number of benzene rings is 1. The predicted molar refractivity (Wildman–Crippen MR) is 118 cm³/mol. The second kappa shape index (κ2) is 11.6. The van der Waals surface area contributed by atoms with Gasteiger partial charge in [-0.2, -0.15) is 0 Å². The van der Waals surface area contributed by atoms with Crippen molar-refractivity contribution >= 4 is 11.6 Å². The fourth-order valence-corrected chi connectivity index (χ4v) is 3.45. The number of hydrogen-bond donors (Lipinski definition) is 2. The number of nitrogens with one attached hydrogen (secondary N) is 2. The molecular weight excluding hydrogens is 398 g/mol. The number of hydrogen-bond acceptors (Lipinski definition) is 6. The Kier molecular flexibility index (Phi) is 8.07. The topological polar surface area (TPSA) is 86.5 Å². The molecule has 4 rings (SSSR count). The molecule has 1 unspecified atom stereocenters. The van der Waals surface area contributed by atoms with Crippen LogP contribution in [0.2, 0.25) is 0 Å². The van der Waals surface area contributed by atoms with Crippen LogP contribution in [0.3, 0.4) is 0 Å². The van der Waals surface area contributed by atoms with Crippen LogP contribution >= 0.6 is 0 Å². The van der Waals surface area contributed by atoms with Gasteiger partial charge in [-0.25, -0.2) is 4.99 Å². The van der Waals surface area contributed by atoms with Gasteiger partial charge in [0.15, 0.2) is 17.5 Å². The smallest absolute Gasteiger partial charge is 0.196 e. The van der Waals surface area contributed by atoms with Gasteiger partial charge >= 0.3 is 0 Å². The molecule has 0 bridgehead atoms. The van der Waals surface area contributed by atoms with Crippen molar-refractivity contribution < 1.29 is 23.4 Å². The van der Waals surface area contributed by atoms with Crippen molar-refractivity contribution in [2.45, 2.75) is 38.3 Å². The van der Waals surface area contributed by atoms with Crippen molar-refractivity contribution in [3.63, 3.8) is 0 Å². The molecule has 0 radical (unpaired) electrons. The zero-order chi connectivity index (χ0) is 21.1. The van der Waals surface area contributed by atoms with Crippen LogP contribution < -0.4 is 20.1 Å². The molecule has 8 nitrogen and oxygen atoms in total. The van der Waals surface area contributed by atoms with Crippen LogP contribution in [0.25, 0.3) is 0 Å². The summed E-state index contributed by atoms with van der Waals surface area (Å²) < 4.78 is 28.2. The molecule has 2 N–H and O–H groups in total. The van der Waals surface area contributed by atoms with E-state index < -0.39 is 0 Å². The zero-order valence-electron chi connectivity index (χ0n) is 17.8. The Morgan fingerprint density at radius 3 is 2.87 bits per heavy atom. The average molecular weight is 430 g/mol. The first-order chi connectivity index (χ1) is 15.4. The van der Waals surface area contributed by atoms with E-state index in [1.54, 1.807) is 6.26 Å². The van der Waals surface area contributed by atoms with Crippen LogP contribution in [0.1, 0.15) is 31.4 Å². The Morgan fingerprint density at radius 2 is 2.03 bits per heavy atom. The molecule has 0 spiro atoms. The molecule has 31 heavy (non-hydrogen) atoms. The summed E-state index contributed by atoms with van der Waals surface area (Å²) in [6.07, 6.45) is 5.90. The summed E-state index contributed by atoms with van der Waals surface area (Å²) in [7, 11) is 0. The number of fused-ring (bicyclic) bond motifs is 1. The monoisotopic (exact) mass is 429 g/mol. The minimum atomic E-state index is 0.263. The molecule has 1 fully saturated rings. The Balaban J connectivity index is 1.29. The fourth-order valence-electron chi connectivity index (χ4n) is 3.45. The average Bonchev–Trinajstić information content (AvgIpc) is 3.45. The molecule has 1 saturated heterocycles. The summed E-state index contributed by atoms with van der Waals surface area (Å²) in [5, 5.41) is 6.71. The molecule has 0 amide bonds. The number of anilines is 1. The van der Waals surface area contributed by atoms with Gasteiger partial charge in [-0.1, -0.05) is 0 Å². The van der Waals surface area contributed by atoms with Gasteiger partial charge in [0.2, 0.25) is 0 Å². The molecule has 1 aromatic carbocycles. The van der Waals surface area contributed by atoms with Crippen molar-refractivity contribution in [2.24, 2.45) is 4.99 Å². The minimum Gasteiger partial charge on any atom is -0.490 e. The molecule has 0 aliphatic carbocycles. The van der Waals surface area contributed by atoms with E-state index in [-0.39, 0.29) is 6.10 Å².